The quantitative estimate of drug-likeness (QED) is 0.0661. The molecule has 0 saturated heterocycles. The zero-order chi connectivity index (χ0) is 39.7. The molecule has 6 nitrogen and oxygen atoms in total. The molecule has 0 aromatic heterocycles. The number of benzene rings is 6. The molecule has 0 unspecified atom stereocenters. The molecule has 0 aliphatic rings. The van der Waals surface area contributed by atoms with Gasteiger partial charge in [0, 0.05) is 25.3 Å². The third kappa shape index (κ3) is 10.4. The lowest BCUT2D eigenvalue weighted by molar-refractivity contribution is 0.0500. The van der Waals surface area contributed by atoms with Crippen LogP contribution in [-0.4, -0.2) is 44.0 Å². The van der Waals surface area contributed by atoms with E-state index in [1.807, 2.05) is 48.5 Å². The fourth-order valence-corrected chi connectivity index (χ4v) is 7.12. The predicted molar refractivity (Wildman–Crippen MR) is 234 cm³/mol. The smallest absolute Gasteiger partial charge is 0.188 e. The first-order valence-electron chi connectivity index (χ1n) is 18.8. The molecule has 0 spiro atoms. The highest BCUT2D eigenvalue weighted by molar-refractivity contribution is 6.84. The van der Waals surface area contributed by atoms with Crippen LogP contribution in [0.2, 0.25) is 39.3 Å². The summed E-state index contributed by atoms with van der Waals surface area (Å²) in [5.41, 5.74) is 12.4. The average molecular weight is 779 g/mol. The minimum Gasteiger partial charge on any atom is -0.489 e. The standard InChI is InChI=1S/C48H50O6Si2/c1-49-33-53-47-39(23-25-55(3,4)5)27-37-19-21-41(51-31-35-15-11-9-12-16-35)29-43(37)45(47)46-44-30-42(52-32-36-17-13-10-14-18-36)22-20-38(44)28-40(24-26-56(6,7)8)48(46)54-34-50-2/h9-22,27-30H,31-34H2,1-8H3. The molecule has 6 aromatic rings. The van der Waals surface area contributed by atoms with Gasteiger partial charge in [0.05, 0.1) is 11.1 Å². The Labute approximate surface area is 333 Å². The molecule has 0 radical (unpaired) electrons. The van der Waals surface area contributed by atoms with Gasteiger partial charge in [-0.15, -0.1) is 11.1 Å². The van der Waals surface area contributed by atoms with Gasteiger partial charge in [-0.3, -0.25) is 0 Å². The first kappa shape index (κ1) is 40.2. The molecule has 0 atom stereocenters. The SMILES string of the molecule is COCOc1c(C#C[Si](C)(C)C)cc2ccc(OCc3ccccc3)cc2c1-c1c(OCOC)c(C#C[Si](C)(C)C)cc2ccc(OCc3ccccc3)cc12. The molecule has 286 valence electrons. The van der Waals surface area contributed by atoms with Crippen molar-refractivity contribution in [2.75, 3.05) is 27.8 Å². The van der Waals surface area contributed by atoms with Crippen molar-refractivity contribution in [2.45, 2.75) is 52.5 Å². The molecule has 0 amide bonds. The zero-order valence-corrected chi connectivity index (χ0v) is 35.7. The van der Waals surface area contributed by atoms with Crippen molar-refractivity contribution in [1.82, 2.24) is 0 Å². The molecular weight excluding hydrogens is 729 g/mol. The van der Waals surface area contributed by atoms with Crippen LogP contribution in [0.4, 0.5) is 0 Å². The topological polar surface area (TPSA) is 55.4 Å². The van der Waals surface area contributed by atoms with E-state index < -0.39 is 16.1 Å². The molecule has 6 aromatic carbocycles. The molecule has 0 fully saturated rings. The summed E-state index contributed by atoms with van der Waals surface area (Å²) in [6, 6.07) is 36.8. The van der Waals surface area contributed by atoms with Gasteiger partial charge in [0.25, 0.3) is 0 Å². The third-order valence-corrected chi connectivity index (χ3v) is 10.4. The number of rotatable bonds is 13. The lowest BCUT2D eigenvalue weighted by Crippen LogP contribution is -2.16. The number of hydrogen-bond acceptors (Lipinski definition) is 6. The first-order valence-corrected chi connectivity index (χ1v) is 25.8. The second-order valence-corrected chi connectivity index (χ2v) is 25.2. The van der Waals surface area contributed by atoms with Crippen LogP contribution < -0.4 is 18.9 Å². The Bertz CT molecular complexity index is 2250. The summed E-state index contributed by atoms with van der Waals surface area (Å²) in [5, 5.41) is 3.74. The van der Waals surface area contributed by atoms with Gasteiger partial charge in [0.15, 0.2) is 13.6 Å². The second-order valence-electron chi connectivity index (χ2n) is 15.7. The number of hydrogen-bond donors (Lipinski definition) is 0. The molecule has 0 aliphatic carbocycles. The van der Waals surface area contributed by atoms with Crippen molar-refractivity contribution in [2.24, 2.45) is 0 Å². The minimum atomic E-state index is -1.80. The molecule has 0 aliphatic heterocycles. The highest BCUT2D eigenvalue weighted by Crippen LogP contribution is 2.49. The summed E-state index contributed by atoms with van der Waals surface area (Å²) >= 11 is 0. The van der Waals surface area contributed by atoms with Gasteiger partial charge >= 0.3 is 0 Å². The van der Waals surface area contributed by atoms with Crippen LogP contribution in [-0.2, 0) is 22.7 Å². The Hall–Kier alpha value is -5.49. The van der Waals surface area contributed by atoms with E-state index in [0.29, 0.717) is 36.2 Å². The molecule has 56 heavy (non-hydrogen) atoms. The molecule has 0 heterocycles. The largest absolute Gasteiger partial charge is 0.489 e. The van der Waals surface area contributed by atoms with Gasteiger partial charge in [-0.25, -0.2) is 0 Å². The molecule has 8 heteroatoms. The normalized spacial score (nSPS) is 11.4. The Morgan fingerprint density at radius 3 is 1.21 bits per heavy atom. The molecule has 6 rings (SSSR count). The molecule has 0 N–H and O–H groups in total. The number of fused-ring (bicyclic) bond motifs is 2. The van der Waals surface area contributed by atoms with E-state index in [9.17, 15) is 0 Å². The Morgan fingerprint density at radius 1 is 0.464 bits per heavy atom. The summed E-state index contributed by atoms with van der Waals surface area (Å²) in [5.74, 6) is 9.66. The van der Waals surface area contributed by atoms with Crippen molar-refractivity contribution < 1.29 is 28.4 Å². The Kier molecular flexibility index (Phi) is 12.9. The second kappa shape index (κ2) is 18.0. The van der Waals surface area contributed by atoms with E-state index in [1.165, 1.54) is 0 Å². The van der Waals surface area contributed by atoms with Crippen molar-refractivity contribution in [3.8, 4) is 57.1 Å². The van der Waals surface area contributed by atoms with E-state index in [2.05, 4.69) is 123 Å². The lowest BCUT2D eigenvalue weighted by atomic mass is 9.88. The highest BCUT2D eigenvalue weighted by Gasteiger charge is 2.26. The van der Waals surface area contributed by atoms with Gasteiger partial charge in [-0.2, -0.15) is 0 Å². The highest BCUT2D eigenvalue weighted by atomic mass is 28.3. The van der Waals surface area contributed by atoms with E-state index in [0.717, 1.165) is 54.9 Å². The summed E-state index contributed by atoms with van der Waals surface area (Å²) in [6.07, 6.45) is 0. The van der Waals surface area contributed by atoms with Crippen LogP contribution in [0, 0.1) is 22.9 Å². The zero-order valence-electron chi connectivity index (χ0n) is 33.7. The fraction of sp³-hybridized carbons (Fsp3) is 0.250. The Morgan fingerprint density at radius 2 is 0.857 bits per heavy atom. The van der Waals surface area contributed by atoms with Crippen molar-refractivity contribution in [3.63, 3.8) is 0 Å². The summed E-state index contributed by atoms with van der Waals surface area (Å²) in [7, 11) is -0.369. The van der Waals surface area contributed by atoms with Crippen LogP contribution >= 0.6 is 0 Å². The van der Waals surface area contributed by atoms with E-state index in [-0.39, 0.29) is 13.6 Å². The van der Waals surface area contributed by atoms with Crippen LogP contribution in [0.1, 0.15) is 22.3 Å². The molecule has 0 saturated carbocycles. The monoisotopic (exact) mass is 778 g/mol. The molecular formula is C48H50O6Si2. The maximum atomic E-state index is 6.62. The predicted octanol–water partition coefficient (Wildman–Crippen LogP) is 11.2. The maximum absolute atomic E-state index is 6.62. The van der Waals surface area contributed by atoms with Gasteiger partial charge < -0.3 is 28.4 Å². The van der Waals surface area contributed by atoms with Crippen molar-refractivity contribution >= 4 is 37.7 Å². The van der Waals surface area contributed by atoms with Crippen LogP contribution in [0.15, 0.2) is 109 Å². The summed E-state index contributed by atoms with van der Waals surface area (Å²) in [4.78, 5) is 0. The Balaban J connectivity index is 1.71. The minimum absolute atomic E-state index is 0.0110. The van der Waals surface area contributed by atoms with Gasteiger partial charge in [-0.05, 0) is 69.1 Å². The van der Waals surface area contributed by atoms with Crippen LogP contribution in [0.5, 0.6) is 23.0 Å². The summed E-state index contributed by atoms with van der Waals surface area (Å²) < 4.78 is 37.2. The lowest BCUT2D eigenvalue weighted by Gasteiger charge is -2.22. The van der Waals surface area contributed by atoms with E-state index in [4.69, 9.17) is 28.4 Å². The first-order chi connectivity index (χ1) is 26.9. The van der Waals surface area contributed by atoms with Gasteiger partial charge in [-0.1, -0.05) is 124 Å². The average Bonchev–Trinajstić information content (AvgIpc) is 3.18. The molecule has 0 bridgehead atoms. The number of methoxy groups -OCH3 is 2. The van der Waals surface area contributed by atoms with Crippen LogP contribution in [0.25, 0.3) is 32.7 Å². The summed E-state index contributed by atoms with van der Waals surface area (Å²) in [6.45, 7) is 14.3. The fourth-order valence-electron chi connectivity index (χ4n) is 6.10. The van der Waals surface area contributed by atoms with Crippen molar-refractivity contribution in [3.05, 3.63) is 131 Å². The van der Waals surface area contributed by atoms with Crippen molar-refractivity contribution in [1.29, 1.82) is 0 Å². The van der Waals surface area contributed by atoms with Gasteiger partial charge in [0.2, 0.25) is 0 Å². The van der Waals surface area contributed by atoms with Crippen LogP contribution in [0.3, 0.4) is 0 Å². The van der Waals surface area contributed by atoms with E-state index in [1.54, 1.807) is 14.2 Å². The van der Waals surface area contributed by atoms with Gasteiger partial charge in [0.1, 0.15) is 52.4 Å². The van der Waals surface area contributed by atoms with E-state index >= 15 is 0 Å². The third-order valence-electron chi connectivity index (χ3n) is 8.66. The number of ether oxygens (including phenoxy) is 6. The maximum Gasteiger partial charge on any atom is 0.188 e.